The summed E-state index contributed by atoms with van der Waals surface area (Å²) in [6.07, 6.45) is 3.90. The van der Waals surface area contributed by atoms with Crippen LogP contribution in [0.3, 0.4) is 0 Å². The van der Waals surface area contributed by atoms with Crippen LogP contribution >= 0.6 is 0 Å². The lowest BCUT2D eigenvalue weighted by atomic mass is 10.1. The van der Waals surface area contributed by atoms with Gasteiger partial charge in [-0.05, 0) is 61.6 Å². The van der Waals surface area contributed by atoms with Crippen LogP contribution in [0.25, 0.3) is 0 Å². The van der Waals surface area contributed by atoms with Gasteiger partial charge in [-0.15, -0.1) is 0 Å². The van der Waals surface area contributed by atoms with Crippen LogP contribution in [0, 0.1) is 0 Å². The van der Waals surface area contributed by atoms with Crippen molar-refractivity contribution in [3.05, 3.63) is 48.0 Å². The van der Waals surface area contributed by atoms with Crippen LogP contribution in [0.5, 0.6) is 17.2 Å². The van der Waals surface area contributed by atoms with E-state index < -0.39 is 6.10 Å². The quantitative estimate of drug-likeness (QED) is 0.760. The highest BCUT2D eigenvalue weighted by Gasteiger charge is 2.35. The van der Waals surface area contributed by atoms with Gasteiger partial charge >= 0.3 is 0 Å². The molecular formula is C24H28N2O4. The predicted molar refractivity (Wildman–Crippen MR) is 115 cm³/mol. The summed E-state index contributed by atoms with van der Waals surface area (Å²) in [5.41, 5.74) is 2.17. The summed E-state index contributed by atoms with van der Waals surface area (Å²) in [6, 6.07) is 13.9. The van der Waals surface area contributed by atoms with E-state index in [4.69, 9.17) is 14.2 Å². The monoisotopic (exact) mass is 408 g/mol. The fraction of sp³-hybridized carbons (Fsp3) is 0.458. The topological polar surface area (TPSA) is 60.0 Å². The van der Waals surface area contributed by atoms with Crippen LogP contribution in [0.2, 0.25) is 0 Å². The molecule has 2 aromatic rings. The molecule has 2 saturated heterocycles. The molecule has 0 unspecified atom stereocenters. The van der Waals surface area contributed by atoms with Crippen LogP contribution < -0.4 is 24.4 Å². The number of carbonyl (C=O) groups excluding carboxylic acids is 1. The number of amides is 1. The molecular weight excluding hydrogens is 380 g/mol. The lowest BCUT2D eigenvalue weighted by Gasteiger charge is -2.20. The summed E-state index contributed by atoms with van der Waals surface area (Å²) in [6.45, 7) is 2.44. The first kappa shape index (κ1) is 19.2. The minimum absolute atomic E-state index is 0.0167. The van der Waals surface area contributed by atoms with Gasteiger partial charge in [0.1, 0.15) is 11.9 Å². The Bertz CT molecular complexity index is 904. The zero-order valence-corrected chi connectivity index (χ0v) is 17.3. The molecule has 2 atom stereocenters. The van der Waals surface area contributed by atoms with E-state index in [0.29, 0.717) is 24.5 Å². The van der Waals surface area contributed by atoms with Crippen molar-refractivity contribution in [2.45, 2.75) is 43.8 Å². The molecule has 2 aromatic carbocycles. The van der Waals surface area contributed by atoms with Gasteiger partial charge in [-0.2, -0.15) is 0 Å². The molecule has 6 nitrogen and oxygen atoms in total. The highest BCUT2D eigenvalue weighted by Crippen LogP contribution is 2.40. The molecule has 3 fully saturated rings. The standard InChI is InChI=1S/C24H28N2O4/c1-28-23-14-18(6-9-21(23)30-20-10-12-25-15-20)26-13-11-22(24(26)27)29-19-7-4-17(5-8-19)16-2-3-16/h4-9,14,16,20,22,25H,2-3,10-13,15H2,1H3/t20-,22+/m1/s1. The second-order valence-corrected chi connectivity index (χ2v) is 8.30. The molecule has 1 amide bonds. The van der Waals surface area contributed by atoms with E-state index >= 15 is 0 Å². The fourth-order valence-electron chi connectivity index (χ4n) is 4.25. The highest BCUT2D eigenvalue weighted by atomic mass is 16.5. The summed E-state index contributed by atoms with van der Waals surface area (Å²) in [5.74, 6) is 2.81. The van der Waals surface area contributed by atoms with E-state index in [1.807, 2.05) is 30.3 Å². The molecule has 0 bridgehead atoms. The first-order valence-electron chi connectivity index (χ1n) is 10.8. The average Bonchev–Trinajstić information content (AvgIpc) is 3.39. The number of ether oxygens (including phenoxy) is 3. The maximum absolute atomic E-state index is 13.0. The molecule has 1 aliphatic carbocycles. The minimum Gasteiger partial charge on any atom is -0.493 e. The number of carbonyl (C=O) groups is 1. The fourth-order valence-corrected chi connectivity index (χ4v) is 4.25. The van der Waals surface area contributed by atoms with E-state index in [9.17, 15) is 4.79 Å². The Morgan fingerprint density at radius 3 is 2.50 bits per heavy atom. The minimum atomic E-state index is -0.455. The Balaban J connectivity index is 1.25. The molecule has 30 heavy (non-hydrogen) atoms. The molecule has 3 aliphatic rings. The zero-order valence-electron chi connectivity index (χ0n) is 17.3. The van der Waals surface area contributed by atoms with Crippen molar-refractivity contribution in [3.8, 4) is 17.2 Å². The molecule has 0 spiro atoms. The molecule has 0 aromatic heterocycles. The Morgan fingerprint density at radius 1 is 0.967 bits per heavy atom. The molecule has 158 valence electrons. The zero-order chi connectivity index (χ0) is 20.5. The molecule has 1 N–H and O–H groups in total. The van der Waals surface area contributed by atoms with Gasteiger partial charge in [-0.3, -0.25) is 4.79 Å². The summed E-state index contributed by atoms with van der Waals surface area (Å²) in [4.78, 5) is 14.7. The summed E-state index contributed by atoms with van der Waals surface area (Å²) in [5, 5.41) is 3.30. The number of nitrogens with zero attached hydrogens (tertiary/aromatic N) is 1. The number of anilines is 1. The maximum atomic E-state index is 13.0. The summed E-state index contributed by atoms with van der Waals surface area (Å²) < 4.78 is 17.6. The Morgan fingerprint density at radius 2 is 1.80 bits per heavy atom. The van der Waals surface area contributed by atoms with Crippen molar-refractivity contribution >= 4 is 11.6 Å². The van der Waals surface area contributed by atoms with Crippen LogP contribution in [0.4, 0.5) is 5.69 Å². The molecule has 6 heteroatoms. The van der Waals surface area contributed by atoms with Crippen molar-refractivity contribution in [3.63, 3.8) is 0 Å². The lowest BCUT2D eigenvalue weighted by Crippen LogP contribution is -2.32. The van der Waals surface area contributed by atoms with Crippen molar-refractivity contribution in [2.24, 2.45) is 0 Å². The first-order valence-corrected chi connectivity index (χ1v) is 10.8. The SMILES string of the molecule is COc1cc(N2CC[C@H](Oc3ccc(C4CC4)cc3)C2=O)ccc1O[C@@H]1CCNC1. The Labute approximate surface area is 177 Å². The lowest BCUT2D eigenvalue weighted by molar-refractivity contribution is -0.122. The van der Waals surface area contributed by atoms with Gasteiger partial charge in [0.05, 0.1) is 7.11 Å². The van der Waals surface area contributed by atoms with Crippen molar-refractivity contribution < 1.29 is 19.0 Å². The van der Waals surface area contributed by atoms with E-state index in [0.717, 1.165) is 36.9 Å². The van der Waals surface area contributed by atoms with Gasteiger partial charge in [-0.1, -0.05) is 12.1 Å². The van der Waals surface area contributed by atoms with Crippen LogP contribution in [-0.2, 0) is 4.79 Å². The number of hydrogen-bond donors (Lipinski definition) is 1. The van der Waals surface area contributed by atoms with Crippen molar-refractivity contribution in [1.29, 1.82) is 0 Å². The number of benzene rings is 2. The second-order valence-electron chi connectivity index (χ2n) is 8.30. The van der Waals surface area contributed by atoms with Crippen molar-refractivity contribution in [1.82, 2.24) is 5.32 Å². The van der Waals surface area contributed by atoms with Crippen LogP contribution in [-0.4, -0.2) is 44.9 Å². The number of methoxy groups -OCH3 is 1. The molecule has 5 rings (SSSR count). The molecule has 0 radical (unpaired) electrons. The van der Waals surface area contributed by atoms with E-state index in [2.05, 4.69) is 17.4 Å². The van der Waals surface area contributed by atoms with E-state index in [1.54, 1.807) is 12.0 Å². The van der Waals surface area contributed by atoms with E-state index in [-0.39, 0.29) is 12.0 Å². The van der Waals surface area contributed by atoms with Crippen LogP contribution in [0.1, 0.15) is 37.2 Å². The Hall–Kier alpha value is -2.73. The van der Waals surface area contributed by atoms with E-state index in [1.165, 1.54) is 18.4 Å². The average molecular weight is 408 g/mol. The van der Waals surface area contributed by atoms with Gasteiger partial charge in [0.2, 0.25) is 0 Å². The third-order valence-electron chi connectivity index (χ3n) is 6.13. The third-order valence-corrected chi connectivity index (χ3v) is 6.13. The maximum Gasteiger partial charge on any atom is 0.268 e. The molecule has 2 heterocycles. The summed E-state index contributed by atoms with van der Waals surface area (Å²) >= 11 is 0. The normalized spacial score (nSPS) is 23.6. The smallest absolute Gasteiger partial charge is 0.268 e. The third kappa shape index (κ3) is 3.97. The largest absolute Gasteiger partial charge is 0.493 e. The number of hydrogen-bond acceptors (Lipinski definition) is 5. The van der Waals surface area contributed by atoms with Gasteiger partial charge in [0.25, 0.3) is 5.91 Å². The first-order chi connectivity index (χ1) is 14.7. The van der Waals surface area contributed by atoms with Gasteiger partial charge in [0.15, 0.2) is 17.6 Å². The molecule has 2 aliphatic heterocycles. The predicted octanol–water partition coefficient (Wildman–Crippen LogP) is 3.50. The van der Waals surface area contributed by atoms with Crippen molar-refractivity contribution in [2.75, 3.05) is 31.6 Å². The number of rotatable bonds is 7. The van der Waals surface area contributed by atoms with Gasteiger partial charge < -0.3 is 24.4 Å². The Kier molecular flexibility index (Phi) is 5.25. The number of nitrogens with one attached hydrogen (secondary N) is 1. The van der Waals surface area contributed by atoms with Crippen LogP contribution in [0.15, 0.2) is 42.5 Å². The molecule has 1 saturated carbocycles. The van der Waals surface area contributed by atoms with Gasteiger partial charge in [-0.25, -0.2) is 0 Å². The second kappa shape index (κ2) is 8.19. The summed E-state index contributed by atoms with van der Waals surface area (Å²) in [7, 11) is 1.63. The highest BCUT2D eigenvalue weighted by molar-refractivity contribution is 5.99. The van der Waals surface area contributed by atoms with Gasteiger partial charge in [0, 0.05) is 31.3 Å².